The Morgan fingerprint density at radius 3 is 1.81 bits per heavy atom. The molecule has 2 heterocycles. The molecule has 2 fully saturated rings. The first-order valence-corrected chi connectivity index (χ1v) is 20.6. The Morgan fingerprint density at radius 2 is 1.19 bits per heavy atom. The Kier molecular flexibility index (Phi) is 25.9. The van der Waals surface area contributed by atoms with Crippen LogP contribution in [-0.2, 0) is 23.7 Å². The third-order valence-electron chi connectivity index (χ3n) is 10.1. The Bertz CT molecular complexity index is 1010. The topological polar surface area (TPSA) is 228 Å². The van der Waals surface area contributed by atoms with E-state index in [1.54, 1.807) is 6.08 Å². The summed E-state index contributed by atoms with van der Waals surface area (Å²) in [6, 6.07) is -0.922. The number of nitrogens with one attached hydrogen (secondary N) is 1. The van der Waals surface area contributed by atoms with Crippen LogP contribution in [0.25, 0.3) is 0 Å². The molecule has 0 radical (unpaired) electrons. The Hall–Kier alpha value is -1.53. The third kappa shape index (κ3) is 17.7. The highest BCUT2D eigenvalue weighted by Gasteiger charge is 2.50. The van der Waals surface area contributed by atoms with Gasteiger partial charge in [-0.1, -0.05) is 115 Å². The summed E-state index contributed by atoms with van der Waals surface area (Å²) in [6.45, 7) is 2.65. The Labute approximate surface area is 322 Å². The summed E-state index contributed by atoms with van der Waals surface area (Å²) in [5.41, 5.74) is 0. The van der Waals surface area contributed by atoms with Gasteiger partial charge in [-0.2, -0.15) is 0 Å². The molecule has 0 spiro atoms. The maximum atomic E-state index is 13.0. The molecule has 0 saturated carbocycles. The van der Waals surface area contributed by atoms with Gasteiger partial charge in [-0.15, -0.1) is 0 Å². The van der Waals surface area contributed by atoms with Crippen LogP contribution >= 0.6 is 0 Å². The average Bonchev–Trinajstić information content (AvgIpc) is 3.17. The zero-order valence-corrected chi connectivity index (χ0v) is 32.7. The second-order valence-corrected chi connectivity index (χ2v) is 14.8. The molecular formula is C40H73NO13. The number of rotatable bonds is 29. The maximum Gasteiger partial charge on any atom is 0.220 e. The number of aliphatic hydroxyl groups is 8. The van der Waals surface area contributed by atoms with E-state index in [1.165, 1.54) is 57.8 Å². The molecule has 316 valence electrons. The predicted octanol–water partition coefficient (Wildman–Crippen LogP) is 2.65. The van der Waals surface area contributed by atoms with Crippen molar-refractivity contribution in [2.75, 3.05) is 19.8 Å². The second kappa shape index (κ2) is 28.8. The number of hydrogen-bond acceptors (Lipinski definition) is 13. The van der Waals surface area contributed by atoms with Crippen LogP contribution in [0.1, 0.15) is 129 Å². The quantitative estimate of drug-likeness (QED) is 0.0394. The van der Waals surface area contributed by atoms with Crippen LogP contribution in [0.2, 0.25) is 0 Å². The molecule has 0 aliphatic carbocycles. The van der Waals surface area contributed by atoms with Crippen molar-refractivity contribution in [2.45, 2.75) is 203 Å². The van der Waals surface area contributed by atoms with Gasteiger partial charge in [0.25, 0.3) is 0 Å². The molecule has 2 aliphatic heterocycles. The molecule has 2 rings (SSSR count). The number of hydrogen-bond donors (Lipinski definition) is 9. The van der Waals surface area contributed by atoms with Crippen molar-refractivity contribution in [2.24, 2.45) is 0 Å². The lowest BCUT2D eigenvalue weighted by Crippen LogP contribution is -2.65. The van der Waals surface area contributed by atoms with Gasteiger partial charge in [-0.25, -0.2) is 0 Å². The van der Waals surface area contributed by atoms with Crippen molar-refractivity contribution in [3.63, 3.8) is 0 Å². The molecule has 0 aromatic carbocycles. The van der Waals surface area contributed by atoms with Gasteiger partial charge < -0.3 is 65.1 Å². The molecule has 9 N–H and O–H groups in total. The zero-order chi connectivity index (χ0) is 39.7. The lowest BCUT2D eigenvalue weighted by atomic mass is 9.97. The fourth-order valence-corrected chi connectivity index (χ4v) is 6.66. The van der Waals surface area contributed by atoms with Gasteiger partial charge >= 0.3 is 0 Å². The van der Waals surface area contributed by atoms with E-state index in [-0.39, 0.29) is 18.9 Å². The Morgan fingerprint density at radius 1 is 0.648 bits per heavy atom. The van der Waals surface area contributed by atoms with Crippen molar-refractivity contribution >= 4 is 5.91 Å². The number of ether oxygens (including phenoxy) is 4. The number of carbonyl (C=O) groups is 1. The van der Waals surface area contributed by atoms with E-state index in [0.29, 0.717) is 12.8 Å². The van der Waals surface area contributed by atoms with Gasteiger partial charge in [-0.05, 0) is 32.1 Å². The molecule has 14 heteroatoms. The highest BCUT2D eigenvalue weighted by molar-refractivity contribution is 5.76. The van der Waals surface area contributed by atoms with Gasteiger partial charge in [0.2, 0.25) is 5.91 Å². The number of allylic oxidation sites excluding steroid dienone is 3. The molecule has 14 nitrogen and oxygen atoms in total. The van der Waals surface area contributed by atoms with Gasteiger partial charge in [0.15, 0.2) is 12.6 Å². The molecule has 0 aromatic rings. The summed E-state index contributed by atoms with van der Waals surface area (Å²) in [7, 11) is 0. The third-order valence-corrected chi connectivity index (χ3v) is 10.1. The molecule has 12 unspecified atom stereocenters. The first kappa shape index (κ1) is 48.6. The van der Waals surface area contributed by atoms with E-state index in [1.807, 2.05) is 6.08 Å². The standard InChI is InChI=1S/C40H73NO13/c1-3-5-7-9-11-13-14-16-18-20-22-24-32(45)41-28(29(44)23-21-19-17-15-12-10-8-6-4-2)27-51-39-37(50)35(48)38(31(26-43)53-39)54-40-36(49)34(47)33(46)30(25-42)52-40/h12,15,21,23,28-31,33-40,42-44,46-50H,3-11,13-14,16-20,22,24-27H2,1-2H3,(H,41,45)/b15-12+,23-21+. The van der Waals surface area contributed by atoms with E-state index in [4.69, 9.17) is 18.9 Å². The van der Waals surface area contributed by atoms with Crippen LogP contribution in [0.15, 0.2) is 24.3 Å². The Balaban J connectivity index is 1.96. The first-order chi connectivity index (χ1) is 26.1. The summed E-state index contributed by atoms with van der Waals surface area (Å²) in [5, 5.41) is 86.0. The van der Waals surface area contributed by atoms with E-state index in [9.17, 15) is 45.6 Å². The number of aliphatic hydroxyl groups excluding tert-OH is 8. The molecule has 2 aliphatic rings. The number of unbranched alkanes of at least 4 members (excludes halogenated alkanes) is 14. The number of carbonyl (C=O) groups excluding carboxylic acids is 1. The highest BCUT2D eigenvalue weighted by atomic mass is 16.7. The van der Waals surface area contributed by atoms with E-state index in [2.05, 4.69) is 31.3 Å². The minimum absolute atomic E-state index is 0.256. The second-order valence-electron chi connectivity index (χ2n) is 14.8. The maximum absolute atomic E-state index is 13.0. The van der Waals surface area contributed by atoms with Gasteiger partial charge in [0.05, 0.1) is 32.0 Å². The minimum atomic E-state index is -1.79. The summed E-state index contributed by atoms with van der Waals surface area (Å²) in [6.07, 6.45) is 9.70. The molecule has 12 atom stereocenters. The minimum Gasteiger partial charge on any atom is -0.394 e. The van der Waals surface area contributed by atoms with Crippen molar-refractivity contribution in [3.8, 4) is 0 Å². The van der Waals surface area contributed by atoms with Gasteiger partial charge in [0.1, 0.15) is 48.8 Å². The summed E-state index contributed by atoms with van der Waals surface area (Å²) >= 11 is 0. The van der Waals surface area contributed by atoms with Gasteiger partial charge in [-0.3, -0.25) is 4.79 Å². The van der Waals surface area contributed by atoms with E-state index >= 15 is 0 Å². The summed E-state index contributed by atoms with van der Waals surface area (Å²) < 4.78 is 22.5. The average molecular weight is 776 g/mol. The van der Waals surface area contributed by atoms with Crippen molar-refractivity contribution in [1.82, 2.24) is 5.32 Å². The largest absolute Gasteiger partial charge is 0.394 e. The van der Waals surface area contributed by atoms with E-state index in [0.717, 1.165) is 38.5 Å². The van der Waals surface area contributed by atoms with Crippen molar-refractivity contribution < 1.29 is 64.6 Å². The molecule has 0 aromatic heterocycles. The van der Waals surface area contributed by atoms with Crippen LogP contribution in [0.4, 0.5) is 0 Å². The molecule has 54 heavy (non-hydrogen) atoms. The molecule has 0 bridgehead atoms. The van der Waals surface area contributed by atoms with E-state index < -0.39 is 86.8 Å². The highest BCUT2D eigenvalue weighted by Crippen LogP contribution is 2.29. The summed E-state index contributed by atoms with van der Waals surface area (Å²) in [4.78, 5) is 13.0. The fourth-order valence-electron chi connectivity index (χ4n) is 6.66. The number of amides is 1. The SMILES string of the molecule is CCCCC/C=C/CC/C=C/C(O)C(COC1OC(CO)C(OC2OC(CO)C(O)C(O)C2O)C(O)C1O)NC(=O)CCCCCCCCCCCCC. The smallest absolute Gasteiger partial charge is 0.220 e. The van der Waals surface area contributed by atoms with Crippen LogP contribution in [-0.4, -0.2) is 140 Å². The monoisotopic (exact) mass is 776 g/mol. The van der Waals surface area contributed by atoms with Crippen LogP contribution in [0.3, 0.4) is 0 Å². The fraction of sp³-hybridized carbons (Fsp3) is 0.875. The van der Waals surface area contributed by atoms with Crippen LogP contribution in [0, 0.1) is 0 Å². The molecule has 2 saturated heterocycles. The lowest BCUT2D eigenvalue weighted by Gasteiger charge is -2.46. The van der Waals surface area contributed by atoms with Crippen LogP contribution in [0.5, 0.6) is 0 Å². The van der Waals surface area contributed by atoms with Crippen molar-refractivity contribution in [1.29, 1.82) is 0 Å². The zero-order valence-electron chi connectivity index (χ0n) is 32.7. The lowest BCUT2D eigenvalue weighted by molar-refractivity contribution is -0.359. The normalized spacial score (nSPS) is 30.3. The predicted molar refractivity (Wildman–Crippen MR) is 203 cm³/mol. The molecular weight excluding hydrogens is 702 g/mol. The van der Waals surface area contributed by atoms with Crippen LogP contribution < -0.4 is 5.32 Å². The van der Waals surface area contributed by atoms with Gasteiger partial charge in [0, 0.05) is 6.42 Å². The molecule has 1 amide bonds. The first-order valence-electron chi connectivity index (χ1n) is 20.6. The van der Waals surface area contributed by atoms with Crippen molar-refractivity contribution in [3.05, 3.63) is 24.3 Å². The summed E-state index contributed by atoms with van der Waals surface area (Å²) in [5.74, 6) is -0.256.